The Morgan fingerprint density at radius 1 is 0.718 bits per heavy atom. The number of nitrogens with zero attached hydrogens (tertiary/aromatic N) is 1. The lowest BCUT2D eigenvalue weighted by Crippen LogP contribution is -2.00. The lowest BCUT2D eigenvalue weighted by molar-refractivity contribution is -0.172. The molecule has 200 valence electrons. The summed E-state index contributed by atoms with van der Waals surface area (Å²) in [6.45, 7) is 4.12. The molecule has 0 atom stereocenters. The molecule has 0 spiro atoms. The summed E-state index contributed by atoms with van der Waals surface area (Å²) in [6.07, 6.45) is 13.7. The maximum atomic E-state index is 7.88. The molecule has 1 heterocycles. The van der Waals surface area contributed by atoms with Crippen LogP contribution in [-0.2, 0) is 32.2 Å². The molecule has 4 N–H and O–H groups in total. The van der Waals surface area contributed by atoms with Gasteiger partial charge in [-0.1, -0.05) is 50.2 Å². The third-order valence-corrected chi connectivity index (χ3v) is 5.17. The van der Waals surface area contributed by atoms with Crippen LogP contribution in [0.2, 0.25) is 0 Å². The minimum absolute atomic E-state index is 0.707. The van der Waals surface area contributed by atoms with Gasteiger partial charge in [0.2, 0.25) is 6.11 Å². The Morgan fingerprint density at radius 3 is 1.77 bits per heavy atom. The van der Waals surface area contributed by atoms with E-state index >= 15 is 0 Å². The highest BCUT2D eigenvalue weighted by Gasteiger charge is 2.01. The fourth-order valence-electron chi connectivity index (χ4n) is 3.24. The van der Waals surface area contributed by atoms with Crippen molar-refractivity contribution in [3.8, 4) is 35.7 Å². The standard InChI is InChI=1S/C19H17N3O3.C10H11NO3/c1-2-15-5-3-4-6-18(15)22-25-12-11-24-21-17-9-7-16(8-10-17)19-13-20-14-23-19;1-2-9-5-3-4-6-10(9)11-13-7-8-14-12/h3-10,13-14,21-22H,2H2,1H3;3-6,11-12H,2H2,1H3. The topological polar surface area (TPSA) is 119 Å². The zero-order chi connectivity index (χ0) is 27.5. The molecule has 4 aromatic rings. The third-order valence-electron chi connectivity index (χ3n) is 5.17. The zero-order valence-corrected chi connectivity index (χ0v) is 21.4. The van der Waals surface area contributed by atoms with Crippen LogP contribution in [0.3, 0.4) is 0 Å². The summed E-state index contributed by atoms with van der Waals surface area (Å²) in [4.78, 5) is 22.2. The second-order valence-corrected chi connectivity index (χ2v) is 7.58. The van der Waals surface area contributed by atoms with Crippen molar-refractivity contribution in [2.75, 3.05) is 16.4 Å². The van der Waals surface area contributed by atoms with Gasteiger partial charge in [0.1, 0.15) is 0 Å². The molecular formula is C29H28N4O6. The number of para-hydroxylation sites is 2. The van der Waals surface area contributed by atoms with Gasteiger partial charge in [-0.2, -0.15) is 5.26 Å². The van der Waals surface area contributed by atoms with Gasteiger partial charge < -0.3 is 18.9 Å². The van der Waals surface area contributed by atoms with Crippen LogP contribution in [-0.4, -0.2) is 10.2 Å². The molecule has 0 radical (unpaired) electrons. The van der Waals surface area contributed by atoms with Gasteiger partial charge in [0.05, 0.1) is 23.3 Å². The zero-order valence-electron chi connectivity index (χ0n) is 21.4. The number of nitrogens with one attached hydrogen (secondary N) is 3. The Kier molecular flexibility index (Phi) is 11.8. The van der Waals surface area contributed by atoms with Crippen molar-refractivity contribution in [2.45, 2.75) is 26.7 Å². The molecule has 0 aliphatic carbocycles. The second kappa shape index (κ2) is 16.3. The first-order valence-corrected chi connectivity index (χ1v) is 12.0. The molecule has 0 bridgehead atoms. The Labute approximate surface area is 226 Å². The van der Waals surface area contributed by atoms with Crippen LogP contribution in [0.5, 0.6) is 0 Å². The fraction of sp³-hybridized carbons (Fsp3) is 0.138. The Bertz CT molecular complexity index is 1390. The number of hydrogen-bond acceptors (Lipinski definition) is 10. The van der Waals surface area contributed by atoms with Gasteiger partial charge in [-0.05, 0) is 60.4 Å². The van der Waals surface area contributed by atoms with Crippen LogP contribution in [0.25, 0.3) is 11.3 Å². The number of aryl methyl sites for hydroxylation is 2. The normalized spacial score (nSPS) is 9.21. The highest BCUT2D eigenvalue weighted by molar-refractivity contribution is 5.60. The van der Waals surface area contributed by atoms with Crippen LogP contribution in [0, 0.1) is 24.4 Å². The smallest absolute Gasteiger partial charge is 0.203 e. The SMILES string of the molecule is CCc1ccccc1NOC#CONc1ccc(-c2cnco2)cc1.CCc1ccccc1NOC#COO. The van der Waals surface area contributed by atoms with E-state index in [2.05, 4.69) is 51.6 Å². The van der Waals surface area contributed by atoms with Crippen LogP contribution in [0.4, 0.5) is 17.1 Å². The number of anilines is 3. The average molecular weight is 529 g/mol. The Balaban J connectivity index is 0.000000255. The molecule has 0 amide bonds. The van der Waals surface area contributed by atoms with E-state index in [1.807, 2.05) is 85.8 Å². The first kappa shape index (κ1) is 28.1. The number of rotatable bonds is 9. The van der Waals surface area contributed by atoms with E-state index in [0.717, 1.165) is 46.6 Å². The Morgan fingerprint density at radius 2 is 1.26 bits per heavy atom. The maximum absolute atomic E-state index is 7.88. The molecule has 0 fully saturated rings. The van der Waals surface area contributed by atoms with E-state index in [0.29, 0.717) is 5.76 Å². The third kappa shape index (κ3) is 9.50. The Hall–Kier alpha value is -5.45. The molecule has 0 aliphatic rings. The number of hydrogen-bond donors (Lipinski definition) is 4. The van der Waals surface area contributed by atoms with Crippen molar-refractivity contribution in [2.24, 2.45) is 0 Å². The minimum atomic E-state index is 0.707. The quantitative estimate of drug-likeness (QED) is 0.113. The average Bonchev–Trinajstić information content (AvgIpc) is 3.53. The van der Waals surface area contributed by atoms with Crippen molar-refractivity contribution in [1.82, 2.24) is 4.98 Å². The fourth-order valence-corrected chi connectivity index (χ4v) is 3.24. The van der Waals surface area contributed by atoms with Crippen molar-refractivity contribution < 1.29 is 29.1 Å². The molecule has 10 nitrogen and oxygen atoms in total. The van der Waals surface area contributed by atoms with Crippen LogP contribution < -0.4 is 16.4 Å². The summed E-state index contributed by atoms with van der Waals surface area (Å²) < 4.78 is 5.23. The van der Waals surface area contributed by atoms with Crippen molar-refractivity contribution >= 4 is 17.1 Å². The highest BCUT2D eigenvalue weighted by atomic mass is 17.1. The van der Waals surface area contributed by atoms with Gasteiger partial charge in [-0.25, -0.2) is 21.4 Å². The predicted molar refractivity (Wildman–Crippen MR) is 147 cm³/mol. The summed E-state index contributed by atoms with van der Waals surface area (Å²) in [7, 11) is 0. The summed E-state index contributed by atoms with van der Waals surface area (Å²) >= 11 is 0. The van der Waals surface area contributed by atoms with E-state index in [4.69, 9.17) is 24.2 Å². The molecule has 0 saturated carbocycles. The van der Waals surface area contributed by atoms with Crippen LogP contribution in [0.1, 0.15) is 25.0 Å². The molecule has 0 saturated heterocycles. The van der Waals surface area contributed by atoms with Crippen LogP contribution >= 0.6 is 0 Å². The first-order chi connectivity index (χ1) is 19.2. The number of oxazole rings is 1. The summed E-state index contributed by atoms with van der Waals surface area (Å²) in [5, 5.41) is 7.88. The molecule has 3 aromatic carbocycles. The molecule has 0 unspecified atom stereocenters. The first-order valence-electron chi connectivity index (χ1n) is 12.0. The lowest BCUT2D eigenvalue weighted by atomic mass is 10.1. The second-order valence-electron chi connectivity index (χ2n) is 7.58. The van der Waals surface area contributed by atoms with E-state index in [9.17, 15) is 0 Å². The van der Waals surface area contributed by atoms with Gasteiger partial charge in [0.15, 0.2) is 30.5 Å². The summed E-state index contributed by atoms with van der Waals surface area (Å²) in [6, 6.07) is 23.0. The largest absolute Gasteiger partial charge is 0.444 e. The minimum Gasteiger partial charge on any atom is -0.444 e. The van der Waals surface area contributed by atoms with Gasteiger partial charge >= 0.3 is 0 Å². The van der Waals surface area contributed by atoms with Gasteiger partial charge in [0.25, 0.3) is 0 Å². The highest BCUT2D eigenvalue weighted by Crippen LogP contribution is 2.20. The molecule has 1 aromatic heterocycles. The molecule has 10 heteroatoms. The summed E-state index contributed by atoms with van der Waals surface area (Å²) in [5.41, 5.74) is 13.8. The van der Waals surface area contributed by atoms with Crippen molar-refractivity contribution in [1.29, 1.82) is 0 Å². The molecular weight excluding hydrogens is 500 g/mol. The van der Waals surface area contributed by atoms with E-state index in [1.54, 1.807) is 6.20 Å². The predicted octanol–water partition coefficient (Wildman–Crippen LogP) is 6.21. The molecule has 4 rings (SSSR count). The lowest BCUT2D eigenvalue weighted by Gasteiger charge is -2.06. The van der Waals surface area contributed by atoms with Gasteiger partial charge in [-0.15, -0.1) is 0 Å². The summed E-state index contributed by atoms with van der Waals surface area (Å²) in [5.74, 6) is 0.707. The van der Waals surface area contributed by atoms with E-state index in [-0.39, 0.29) is 0 Å². The number of aromatic nitrogens is 1. The van der Waals surface area contributed by atoms with Crippen molar-refractivity contribution in [3.63, 3.8) is 0 Å². The molecule has 0 aliphatic heterocycles. The maximum Gasteiger partial charge on any atom is 0.203 e. The van der Waals surface area contributed by atoms with Crippen LogP contribution in [0.15, 0.2) is 89.8 Å². The van der Waals surface area contributed by atoms with Gasteiger partial charge in [-0.3, -0.25) is 4.89 Å². The van der Waals surface area contributed by atoms with Gasteiger partial charge in [0, 0.05) is 5.56 Å². The van der Waals surface area contributed by atoms with E-state index < -0.39 is 0 Å². The van der Waals surface area contributed by atoms with Crippen molar-refractivity contribution in [3.05, 3.63) is 96.5 Å². The number of benzene rings is 3. The monoisotopic (exact) mass is 528 g/mol. The van der Waals surface area contributed by atoms with E-state index in [1.165, 1.54) is 6.39 Å². The molecule has 39 heavy (non-hydrogen) atoms.